The van der Waals surface area contributed by atoms with Crippen LogP contribution in [-0.2, 0) is 9.47 Å². The van der Waals surface area contributed by atoms with Gasteiger partial charge in [-0.15, -0.1) is 0 Å². The predicted octanol–water partition coefficient (Wildman–Crippen LogP) is 1.34. The average Bonchev–Trinajstić information content (AvgIpc) is 2.15. The van der Waals surface area contributed by atoms with Gasteiger partial charge in [-0.2, -0.15) is 0 Å². The fourth-order valence-electron chi connectivity index (χ4n) is 1.74. The van der Waals surface area contributed by atoms with E-state index < -0.39 is 0 Å². The summed E-state index contributed by atoms with van der Waals surface area (Å²) in [5, 5.41) is 9.05. The topological polar surface area (TPSA) is 38.7 Å². The molecule has 1 aliphatic rings. The molecule has 0 aromatic carbocycles. The third kappa shape index (κ3) is 4.07. The van der Waals surface area contributed by atoms with Gasteiger partial charge in [0.2, 0.25) is 0 Å². The molecule has 3 heteroatoms. The van der Waals surface area contributed by atoms with E-state index in [1.54, 1.807) is 14.0 Å². The lowest BCUT2D eigenvalue weighted by molar-refractivity contribution is -0.0529. The van der Waals surface area contributed by atoms with Gasteiger partial charge in [0.25, 0.3) is 0 Å². The van der Waals surface area contributed by atoms with Crippen molar-refractivity contribution in [3.8, 4) is 0 Å². The fourth-order valence-corrected chi connectivity index (χ4v) is 1.74. The van der Waals surface area contributed by atoms with E-state index in [-0.39, 0.29) is 12.2 Å². The Labute approximate surface area is 80.0 Å². The highest BCUT2D eigenvalue weighted by atomic mass is 16.5. The van der Waals surface area contributed by atoms with Crippen LogP contribution in [0.25, 0.3) is 0 Å². The molecule has 0 saturated heterocycles. The Morgan fingerprint density at radius 2 is 2.08 bits per heavy atom. The van der Waals surface area contributed by atoms with Crippen LogP contribution in [0.15, 0.2) is 0 Å². The maximum absolute atomic E-state index is 9.05. The molecule has 1 fully saturated rings. The monoisotopic (exact) mass is 188 g/mol. The van der Waals surface area contributed by atoms with Gasteiger partial charge in [0, 0.05) is 7.11 Å². The second-order valence-corrected chi connectivity index (χ2v) is 3.83. The highest BCUT2D eigenvalue weighted by Gasteiger charge is 2.22. The number of hydrogen-bond acceptors (Lipinski definition) is 3. The Hall–Kier alpha value is -0.120. The Balaban J connectivity index is 2.18. The lowest BCUT2D eigenvalue weighted by Gasteiger charge is -2.28. The molecule has 3 nitrogen and oxygen atoms in total. The average molecular weight is 188 g/mol. The molecule has 0 aromatic heterocycles. The second-order valence-electron chi connectivity index (χ2n) is 3.83. The van der Waals surface area contributed by atoms with Gasteiger partial charge in [-0.25, -0.2) is 0 Å². The molecule has 0 aliphatic heterocycles. The molecule has 1 rings (SSSR count). The molecule has 0 amide bonds. The molecule has 0 bridgehead atoms. The normalized spacial score (nSPS) is 31.6. The van der Waals surface area contributed by atoms with Crippen LogP contribution in [0.1, 0.15) is 32.6 Å². The van der Waals surface area contributed by atoms with Crippen molar-refractivity contribution in [2.45, 2.75) is 50.9 Å². The van der Waals surface area contributed by atoms with Gasteiger partial charge >= 0.3 is 0 Å². The van der Waals surface area contributed by atoms with E-state index in [9.17, 15) is 0 Å². The van der Waals surface area contributed by atoms with Crippen LogP contribution in [0, 0.1) is 0 Å². The van der Waals surface area contributed by atoms with Crippen LogP contribution in [0.3, 0.4) is 0 Å². The summed E-state index contributed by atoms with van der Waals surface area (Å²) in [6, 6.07) is 0. The summed E-state index contributed by atoms with van der Waals surface area (Å²) in [6.07, 6.45) is 4.67. The molecular weight excluding hydrogens is 168 g/mol. The molecule has 13 heavy (non-hydrogen) atoms. The molecule has 1 saturated carbocycles. The number of ether oxygens (including phenoxy) is 2. The fraction of sp³-hybridized carbons (Fsp3) is 1.00. The van der Waals surface area contributed by atoms with Gasteiger partial charge in [-0.05, 0) is 32.6 Å². The number of rotatable bonds is 4. The molecular formula is C10H20O3. The zero-order valence-electron chi connectivity index (χ0n) is 8.53. The van der Waals surface area contributed by atoms with Crippen LogP contribution >= 0.6 is 0 Å². The van der Waals surface area contributed by atoms with Crippen molar-refractivity contribution in [3.63, 3.8) is 0 Å². The predicted molar refractivity (Wildman–Crippen MR) is 50.7 cm³/mol. The summed E-state index contributed by atoms with van der Waals surface area (Å²) in [5.74, 6) is 0. The van der Waals surface area contributed by atoms with Crippen LogP contribution in [0.4, 0.5) is 0 Å². The number of aliphatic hydroxyl groups is 1. The zero-order chi connectivity index (χ0) is 9.68. The van der Waals surface area contributed by atoms with Crippen molar-refractivity contribution in [2.75, 3.05) is 13.7 Å². The molecule has 0 heterocycles. The van der Waals surface area contributed by atoms with Gasteiger partial charge in [-0.1, -0.05) is 0 Å². The Morgan fingerprint density at radius 1 is 1.38 bits per heavy atom. The highest BCUT2D eigenvalue weighted by Crippen LogP contribution is 2.22. The lowest BCUT2D eigenvalue weighted by atomic mass is 9.95. The van der Waals surface area contributed by atoms with Crippen LogP contribution < -0.4 is 0 Å². The molecule has 1 N–H and O–H groups in total. The van der Waals surface area contributed by atoms with Crippen molar-refractivity contribution in [1.29, 1.82) is 0 Å². The third-order valence-electron chi connectivity index (χ3n) is 2.48. The minimum Gasteiger partial charge on any atom is -0.391 e. The minimum atomic E-state index is -0.358. The van der Waals surface area contributed by atoms with E-state index >= 15 is 0 Å². The minimum absolute atomic E-state index is 0.285. The first-order valence-corrected chi connectivity index (χ1v) is 5.05. The van der Waals surface area contributed by atoms with E-state index in [1.807, 2.05) is 0 Å². The number of methoxy groups -OCH3 is 1. The molecule has 1 aliphatic carbocycles. The van der Waals surface area contributed by atoms with E-state index in [0.717, 1.165) is 19.3 Å². The third-order valence-corrected chi connectivity index (χ3v) is 2.48. The Kier molecular flexibility index (Phi) is 4.70. The summed E-state index contributed by atoms with van der Waals surface area (Å²) in [5.41, 5.74) is 0. The Bertz CT molecular complexity index is 136. The van der Waals surface area contributed by atoms with E-state index in [0.29, 0.717) is 12.7 Å². The lowest BCUT2D eigenvalue weighted by Crippen LogP contribution is -2.29. The van der Waals surface area contributed by atoms with Gasteiger partial charge < -0.3 is 14.6 Å². The van der Waals surface area contributed by atoms with Gasteiger partial charge in [0.1, 0.15) is 0 Å². The zero-order valence-corrected chi connectivity index (χ0v) is 8.53. The summed E-state index contributed by atoms with van der Waals surface area (Å²) in [4.78, 5) is 0. The van der Waals surface area contributed by atoms with Crippen molar-refractivity contribution in [1.82, 2.24) is 0 Å². The highest BCUT2D eigenvalue weighted by molar-refractivity contribution is 4.73. The molecule has 3 atom stereocenters. The standard InChI is InChI=1S/C10H20O3/c1-8(11)7-13-10-5-3-4-9(6-10)12-2/h8-11H,3-7H2,1-2H3/t8-,9?,10?/m1/s1. The quantitative estimate of drug-likeness (QED) is 0.723. The van der Waals surface area contributed by atoms with Crippen molar-refractivity contribution >= 4 is 0 Å². The SMILES string of the molecule is COC1CCCC(OC[C@@H](C)O)C1. The van der Waals surface area contributed by atoms with Gasteiger partial charge in [-0.3, -0.25) is 0 Å². The van der Waals surface area contributed by atoms with E-state index in [1.165, 1.54) is 6.42 Å². The summed E-state index contributed by atoms with van der Waals surface area (Å²) < 4.78 is 10.8. The second kappa shape index (κ2) is 5.58. The van der Waals surface area contributed by atoms with E-state index in [4.69, 9.17) is 14.6 Å². The molecule has 0 spiro atoms. The van der Waals surface area contributed by atoms with Crippen molar-refractivity contribution < 1.29 is 14.6 Å². The summed E-state index contributed by atoms with van der Waals surface area (Å²) in [7, 11) is 1.75. The summed E-state index contributed by atoms with van der Waals surface area (Å²) in [6.45, 7) is 2.19. The first-order chi connectivity index (χ1) is 6.22. The van der Waals surface area contributed by atoms with Crippen LogP contribution in [-0.4, -0.2) is 37.1 Å². The maximum Gasteiger partial charge on any atom is 0.0745 e. The number of hydrogen-bond donors (Lipinski definition) is 1. The van der Waals surface area contributed by atoms with Crippen LogP contribution in [0.2, 0.25) is 0 Å². The smallest absolute Gasteiger partial charge is 0.0745 e. The Morgan fingerprint density at radius 3 is 2.69 bits per heavy atom. The number of aliphatic hydroxyl groups excluding tert-OH is 1. The van der Waals surface area contributed by atoms with Gasteiger partial charge in [0.15, 0.2) is 0 Å². The molecule has 2 unspecified atom stereocenters. The van der Waals surface area contributed by atoms with Crippen LogP contribution in [0.5, 0.6) is 0 Å². The largest absolute Gasteiger partial charge is 0.391 e. The van der Waals surface area contributed by atoms with Gasteiger partial charge in [0.05, 0.1) is 24.9 Å². The maximum atomic E-state index is 9.05. The first-order valence-electron chi connectivity index (χ1n) is 5.05. The molecule has 78 valence electrons. The molecule has 0 radical (unpaired) electrons. The van der Waals surface area contributed by atoms with Crippen molar-refractivity contribution in [3.05, 3.63) is 0 Å². The summed E-state index contributed by atoms with van der Waals surface area (Å²) >= 11 is 0. The van der Waals surface area contributed by atoms with E-state index in [2.05, 4.69) is 0 Å². The van der Waals surface area contributed by atoms with Crippen molar-refractivity contribution in [2.24, 2.45) is 0 Å². The first kappa shape index (κ1) is 11.0. The molecule has 0 aromatic rings.